The highest BCUT2D eigenvalue weighted by Crippen LogP contribution is 2.73. The second-order valence-electron chi connectivity index (χ2n) is 9.30. The summed E-state index contributed by atoms with van der Waals surface area (Å²) in [5.41, 5.74) is 1.61. The van der Waals surface area contributed by atoms with Gasteiger partial charge in [-0.25, -0.2) is 0 Å². The lowest BCUT2D eigenvalue weighted by Gasteiger charge is -2.54. The standard InChI is InChI=1S/C20H22N2O2.C3H6O/c1-3-19-10-22(2)16-11-9-24-15(8-13(11)19)20(17(16)19)12-6-4-5-7-14(12)21-18(20)23;1-3(2)4/h3-7,11,13,15-17H,1,8-10H2,2H3,(H,21,23);1-2H3. The minimum Gasteiger partial charge on any atom is -0.376 e. The highest BCUT2D eigenvalue weighted by molar-refractivity contribution is 6.07. The molecule has 3 heterocycles. The molecule has 1 N–H and O–H groups in total. The van der Waals surface area contributed by atoms with E-state index in [1.54, 1.807) is 0 Å². The maximum atomic E-state index is 13.4. The fraction of sp³-hybridized carbons (Fsp3) is 0.565. The zero-order valence-corrected chi connectivity index (χ0v) is 16.8. The number of benzene rings is 1. The van der Waals surface area contributed by atoms with Crippen LogP contribution in [0, 0.1) is 23.2 Å². The number of para-hydroxylation sites is 1. The lowest BCUT2D eigenvalue weighted by atomic mass is 9.51. The molecule has 2 aliphatic carbocycles. The molecular weight excluding hydrogens is 352 g/mol. The highest BCUT2D eigenvalue weighted by Gasteiger charge is 2.79. The van der Waals surface area contributed by atoms with Crippen molar-refractivity contribution < 1.29 is 14.3 Å². The topological polar surface area (TPSA) is 58.6 Å². The van der Waals surface area contributed by atoms with Crippen LogP contribution in [0.5, 0.6) is 0 Å². The van der Waals surface area contributed by atoms with E-state index in [0.717, 1.165) is 30.8 Å². The summed E-state index contributed by atoms with van der Waals surface area (Å²) in [5, 5.41) is 3.18. The minimum absolute atomic E-state index is 0.00280. The van der Waals surface area contributed by atoms with E-state index < -0.39 is 5.41 Å². The molecule has 1 amide bonds. The van der Waals surface area contributed by atoms with E-state index in [2.05, 4.69) is 42.1 Å². The number of fused-ring (bicyclic) bond motifs is 5. The van der Waals surface area contributed by atoms with Gasteiger partial charge in [0.1, 0.15) is 11.2 Å². The van der Waals surface area contributed by atoms with E-state index in [9.17, 15) is 9.59 Å². The van der Waals surface area contributed by atoms with Gasteiger partial charge >= 0.3 is 0 Å². The number of rotatable bonds is 1. The summed E-state index contributed by atoms with van der Waals surface area (Å²) >= 11 is 0. The number of likely N-dealkylation sites (tertiary alicyclic amines) is 1. The number of hydrogen-bond donors (Lipinski definition) is 1. The molecule has 1 spiro atoms. The number of piperidine rings is 1. The van der Waals surface area contributed by atoms with Gasteiger partial charge in [-0.1, -0.05) is 24.3 Å². The van der Waals surface area contributed by atoms with Crippen molar-refractivity contribution in [2.45, 2.75) is 37.8 Å². The van der Waals surface area contributed by atoms with Crippen LogP contribution < -0.4 is 5.32 Å². The van der Waals surface area contributed by atoms with Crippen LogP contribution in [0.2, 0.25) is 0 Å². The number of carbonyl (C=O) groups is 2. The first-order chi connectivity index (χ1) is 13.4. The van der Waals surface area contributed by atoms with Gasteiger partial charge in [-0.15, -0.1) is 6.58 Å². The first-order valence-electron chi connectivity index (χ1n) is 10.2. The third-order valence-electron chi connectivity index (χ3n) is 7.93. The predicted octanol–water partition coefficient (Wildman–Crippen LogP) is 2.62. The lowest BCUT2D eigenvalue weighted by molar-refractivity contribution is -0.153. The Labute approximate surface area is 166 Å². The summed E-state index contributed by atoms with van der Waals surface area (Å²) in [6, 6.07) is 8.64. The molecule has 5 aliphatic rings. The Morgan fingerprint density at radius 3 is 2.79 bits per heavy atom. The van der Waals surface area contributed by atoms with Crippen molar-refractivity contribution in [3.05, 3.63) is 42.5 Å². The lowest BCUT2D eigenvalue weighted by Crippen LogP contribution is -2.62. The van der Waals surface area contributed by atoms with Crippen LogP contribution in [0.4, 0.5) is 5.69 Å². The molecule has 2 saturated heterocycles. The summed E-state index contributed by atoms with van der Waals surface area (Å²) in [6.07, 6.45) is 3.17. The van der Waals surface area contributed by atoms with Gasteiger partial charge in [0.05, 0.1) is 12.7 Å². The van der Waals surface area contributed by atoms with E-state index in [1.807, 2.05) is 12.1 Å². The summed E-state index contributed by atoms with van der Waals surface area (Å²) in [4.78, 5) is 25.3. The summed E-state index contributed by atoms with van der Waals surface area (Å²) < 4.78 is 6.34. The van der Waals surface area contributed by atoms with Crippen LogP contribution in [0.25, 0.3) is 0 Å². The van der Waals surface area contributed by atoms with Crippen LogP contribution in [-0.2, 0) is 19.7 Å². The van der Waals surface area contributed by atoms with Crippen molar-refractivity contribution in [2.24, 2.45) is 23.2 Å². The van der Waals surface area contributed by atoms with E-state index in [0.29, 0.717) is 17.9 Å². The maximum Gasteiger partial charge on any atom is 0.238 e. The van der Waals surface area contributed by atoms with Crippen molar-refractivity contribution in [3.63, 3.8) is 0 Å². The molecule has 5 nitrogen and oxygen atoms in total. The van der Waals surface area contributed by atoms with Gasteiger partial charge in [-0.3, -0.25) is 4.79 Å². The zero-order valence-electron chi connectivity index (χ0n) is 16.8. The van der Waals surface area contributed by atoms with Gasteiger partial charge < -0.3 is 19.7 Å². The number of Topliss-reactive ketones (excluding diaryl/α,β-unsaturated/α-hetero) is 1. The molecule has 7 unspecified atom stereocenters. The highest BCUT2D eigenvalue weighted by atomic mass is 16.5. The first kappa shape index (κ1) is 18.1. The molecular formula is C23H28N2O3. The third kappa shape index (κ3) is 1.89. The number of carbonyl (C=O) groups excluding carboxylic acids is 2. The Kier molecular flexibility index (Phi) is 3.72. The molecule has 3 aliphatic heterocycles. The second kappa shape index (κ2) is 5.77. The number of nitrogens with one attached hydrogen (secondary N) is 1. The second-order valence-corrected chi connectivity index (χ2v) is 9.30. The van der Waals surface area contributed by atoms with Crippen molar-refractivity contribution in [2.75, 3.05) is 25.5 Å². The Hall–Kier alpha value is -1.98. The molecule has 148 valence electrons. The normalized spacial score (nSPS) is 44.1. The van der Waals surface area contributed by atoms with Gasteiger partial charge in [0.2, 0.25) is 5.91 Å². The molecule has 2 saturated carbocycles. The molecule has 5 heteroatoms. The Morgan fingerprint density at radius 2 is 2.07 bits per heavy atom. The van der Waals surface area contributed by atoms with Crippen LogP contribution in [0.15, 0.2) is 36.9 Å². The number of ketones is 1. The number of amides is 1. The fourth-order valence-electron chi connectivity index (χ4n) is 7.38. The summed E-state index contributed by atoms with van der Waals surface area (Å²) in [7, 11) is 2.21. The fourth-order valence-corrected chi connectivity index (χ4v) is 7.38. The SMILES string of the molecule is C=CC12CN(C)C3C4COC(CC41)C1(C(=O)Nc4ccccc41)C32.CC(C)=O. The molecule has 4 fully saturated rings. The average molecular weight is 380 g/mol. The van der Waals surface area contributed by atoms with Crippen LogP contribution in [0.1, 0.15) is 25.8 Å². The number of hydrogen-bond acceptors (Lipinski definition) is 4. The van der Waals surface area contributed by atoms with Crippen molar-refractivity contribution >= 4 is 17.4 Å². The Morgan fingerprint density at radius 1 is 1.36 bits per heavy atom. The molecule has 28 heavy (non-hydrogen) atoms. The molecule has 5 bridgehead atoms. The van der Waals surface area contributed by atoms with E-state index >= 15 is 0 Å². The van der Waals surface area contributed by atoms with Crippen LogP contribution in [-0.4, -0.2) is 48.9 Å². The van der Waals surface area contributed by atoms with E-state index in [1.165, 1.54) is 13.8 Å². The summed E-state index contributed by atoms with van der Waals surface area (Å²) in [6.45, 7) is 9.11. The van der Waals surface area contributed by atoms with Crippen molar-refractivity contribution in [1.29, 1.82) is 0 Å². The largest absolute Gasteiger partial charge is 0.376 e. The van der Waals surface area contributed by atoms with Gasteiger partial charge in [-0.2, -0.15) is 0 Å². The van der Waals surface area contributed by atoms with E-state index in [4.69, 9.17) is 4.74 Å². The maximum absolute atomic E-state index is 13.4. The quantitative estimate of drug-likeness (QED) is 0.761. The smallest absolute Gasteiger partial charge is 0.238 e. The van der Waals surface area contributed by atoms with Crippen LogP contribution in [0.3, 0.4) is 0 Å². The first-order valence-corrected chi connectivity index (χ1v) is 10.2. The average Bonchev–Trinajstić information content (AvgIpc) is 3.14. The molecule has 0 radical (unpaired) electrons. The number of ether oxygens (including phenoxy) is 1. The summed E-state index contributed by atoms with van der Waals surface area (Å²) in [5.74, 6) is 1.73. The van der Waals surface area contributed by atoms with Gasteiger partial charge in [0.15, 0.2) is 0 Å². The Balaban J connectivity index is 0.000000393. The molecule has 1 aromatic rings. The van der Waals surface area contributed by atoms with Gasteiger partial charge in [0.25, 0.3) is 0 Å². The molecule has 6 rings (SSSR count). The number of anilines is 1. The van der Waals surface area contributed by atoms with Crippen LogP contribution >= 0.6 is 0 Å². The number of nitrogens with zero attached hydrogens (tertiary/aromatic N) is 1. The molecule has 0 aromatic heterocycles. The monoisotopic (exact) mass is 380 g/mol. The Bertz CT molecular complexity index is 878. The predicted molar refractivity (Wildman–Crippen MR) is 107 cm³/mol. The minimum atomic E-state index is -0.554. The zero-order chi connectivity index (χ0) is 19.8. The van der Waals surface area contributed by atoms with Crippen molar-refractivity contribution in [3.8, 4) is 0 Å². The van der Waals surface area contributed by atoms with E-state index in [-0.39, 0.29) is 29.1 Å². The van der Waals surface area contributed by atoms with Gasteiger partial charge in [-0.05, 0) is 44.9 Å². The third-order valence-corrected chi connectivity index (χ3v) is 7.93. The van der Waals surface area contributed by atoms with Gasteiger partial charge in [0, 0.05) is 35.5 Å². The molecule has 7 atom stereocenters. The van der Waals surface area contributed by atoms with Crippen molar-refractivity contribution in [1.82, 2.24) is 4.90 Å². The molecule has 1 aromatic carbocycles.